The molecule has 2 atom stereocenters. The SMILES string of the molecule is CN[C@@H]1CCCN2CCCC[C@H]12. The van der Waals surface area contributed by atoms with Crippen LogP contribution in [0.5, 0.6) is 0 Å². The van der Waals surface area contributed by atoms with Gasteiger partial charge in [0.25, 0.3) is 0 Å². The van der Waals surface area contributed by atoms with E-state index in [4.69, 9.17) is 0 Å². The molecule has 0 radical (unpaired) electrons. The molecule has 0 saturated carbocycles. The summed E-state index contributed by atoms with van der Waals surface area (Å²) < 4.78 is 0. The topological polar surface area (TPSA) is 15.3 Å². The van der Waals surface area contributed by atoms with Gasteiger partial charge in [0.05, 0.1) is 0 Å². The molecule has 2 saturated heterocycles. The van der Waals surface area contributed by atoms with Crippen LogP contribution in [0.1, 0.15) is 32.1 Å². The Morgan fingerprint density at radius 3 is 2.75 bits per heavy atom. The Morgan fingerprint density at radius 2 is 1.92 bits per heavy atom. The molecule has 0 amide bonds. The highest BCUT2D eigenvalue weighted by Crippen LogP contribution is 2.25. The molecule has 1 N–H and O–H groups in total. The van der Waals surface area contributed by atoms with Crippen LogP contribution in [-0.2, 0) is 0 Å². The van der Waals surface area contributed by atoms with Crippen molar-refractivity contribution < 1.29 is 0 Å². The molecule has 0 aromatic rings. The Morgan fingerprint density at radius 1 is 1.08 bits per heavy atom. The van der Waals surface area contributed by atoms with Gasteiger partial charge in [0.15, 0.2) is 0 Å². The minimum atomic E-state index is 0.777. The molecule has 12 heavy (non-hydrogen) atoms. The molecule has 0 aliphatic carbocycles. The molecule has 2 rings (SSSR count). The van der Waals surface area contributed by atoms with E-state index in [-0.39, 0.29) is 0 Å². The lowest BCUT2D eigenvalue weighted by Gasteiger charge is -2.44. The van der Waals surface area contributed by atoms with Crippen LogP contribution in [0.3, 0.4) is 0 Å². The number of rotatable bonds is 1. The van der Waals surface area contributed by atoms with Crippen LogP contribution in [-0.4, -0.2) is 37.1 Å². The first-order chi connectivity index (χ1) is 5.92. The quantitative estimate of drug-likeness (QED) is 0.633. The van der Waals surface area contributed by atoms with Gasteiger partial charge in [-0.15, -0.1) is 0 Å². The fraction of sp³-hybridized carbons (Fsp3) is 1.00. The van der Waals surface area contributed by atoms with E-state index in [9.17, 15) is 0 Å². The summed E-state index contributed by atoms with van der Waals surface area (Å²) in [5.41, 5.74) is 0. The van der Waals surface area contributed by atoms with Crippen molar-refractivity contribution in [1.82, 2.24) is 10.2 Å². The molecule has 2 aliphatic heterocycles. The second-order valence-corrected chi connectivity index (χ2v) is 4.14. The molecule has 70 valence electrons. The first kappa shape index (κ1) is 8.52. The van der Waals surface area contributed by atoms with Gasteiger partial charge in [-0.3, -0.25) is 4.90 Å². The fourth-order valence-electron chi connectivity index (χ4n) is 2.79. The van der Waals surface area contributed by atoms with Crippen molar-refractivity contribution in [2.24, 2.45) is 0 Å². The van der Waals surface area contributed by atoms with Crippen LogP contribution >= 0.6 is 0 Å². The standard InChI is InChI=1S/C10H20N2/c1-11-9-5-4-8-12-7-3-2-6-10(9)12/h9-11H,2-8H2,1H3/t9-,10-/m1/s1. The Bertz CT molecular complexity index is 138. The zero-order valence-electron chi connectivity index (χ0n) is 8.05. The van der Waals surface area contributed by atoms with E-state index in [2.05, 4.69) is 17.3 Å². The van der Waals surface area contributed by atoms with Crippen LogP contribution in [0.15, 0.2) is 0 Å². The third-order valence-electron chi connectivity index (χ3n) is 3.46. The summed E-state index contributed by atoms with van der Waals surface area (Å²) in [6.07, 6.45) is 7.07. The van der Waals surface area contributed by atoms with Crippen molar-refractivity contribution in [1.29, 1.82) is 0 Å². The molecular formula is C10H20N2. The Kier molecular flexibility index (Phi) is 2.66. The van der Waals surface area contributed by atoms with Gasteiger partial charge in [0.2, 0.25) is 0 Å². The Labute approximate surface area is 75.3 Å². The van der Waals surface area contributed by atoms with Crippen LogP contribution in [0, 0.1) is 0 Å². The van der Waals surface area contributed by atoms with Crippen molar-refractivity contribution >= 4 is 0 Å². The Hall–Kier alpha value is -0.0800. The number of nitrogens with one attached hydrogen (secondary N) is 1. The minimum absolute atomic E-state index is 0.777. The van der Waals surface area contributed by atoms with Crippen LogP contribution in [0.2, 0.25) is 0 Å². The molecular weight excluding hydrogens is 148 g/mol. The first-order valence-corrected chi connectivity index (χ1v) is 5.33. The van der Waals surface area contributed by atoms with E-state index in [1.807, 2.05) is 0 Å². The first-order valence-electron chi connectivity index (χ1n) is 5.33. The summed E-state index contributed by atoms with van der Waals surface area (Å²) in [5.74, 6) is 0. The zero-order chi connectivity index (χ0) is 8.39. The molecule has 0 unspecified atom stereocenters. The van der Waals surface area contributed by atoms with Crippen LogP contribution in [0.4, 0.5) is 0 Å². The maximum atomic E-state index is 3.46. The lowest BCUT2D eigenvalue weighted by Crippen LogP contribution is -2.54. The van der Waals surface area contributed by atoms with Gasteiger partial charge in [-0.2, -0.15) is 0 Å². The molecule has 0 bridgehead atoms. The number of fused-ring (bicyclic) bond motifs is 1. The summed E-state index contributed by atoms with van der Waals surface area (Å²) in [4.78, 5) is 2.69. The van der Waals surface area contributed by atoms with Gasteiger partial charge in [-0.1, -0.05) is 6.42 Å². The second-order valence-electron chi connectivity index (χ2n) is 4.14. The number of hydrogen-bond donors (Lipinski definition) is 1. The van der Waals surface area contributed by atoms with Gasteiger partial charge in [0, 0.05) is 12.1 Å². The second kappa shape index (κ2) is 3.75. The van der Waals surface area contributed by atoms with Gasteiger partial charge in [0.1, 0.15) is 0 Å². The number of hydrogen-bond acceptors (Lipinski definition) is 2. The average Bonchev–Trinajstić information content (AvgIpc) is 2.17. The van der Waals surface area contributed by atoms with Crippen molar-refractivity contribution in [3.8, 4) is 0 Å². The maximum absolute atomic E-state index is 3.46. The highest BCUT2D eigenvalue weighted by Gasteiger charge is 2.31. The minimum Gasteiger partial charge on any atom is -0.315 e. The number of nitrogens with zero attached hydrogens (tertiary/aromatic N) is 1. The molecule has 0 spiro atoms. The van der Waals surface area contributed by atoms with Crippen LogP contribution < -0.4 is 5.32 Å². The van der Waals surface area contributed by atoms with E-state index in [0.29, 0.717) is 0 Å². The number of likely N-dealkylation sites (N-methyl/N-ethyl adjacent to an activating group) is 1. The summed E-state index contributed by atoms with van der Waals surface area (Å²) >= 11 is 0. The monoisotopic (exact) mass is 168 g/mol. The largest absolute Gasteiger partial charge is 0.315 e. The highest BCUT2D eigenvalue weighted by molar-refractivity contribution is 4.90. The normalized spacial score (nSPS) is 37.8. The van der Waals surface area contributed by atoms with Gasteiger partial charge in [-0.05, 0) is 45.8 Å². The molecule has 2 nitrogen and oxygen atoms in total. The van der Waals surface area contributed by atoms with Gasteiger partial charge in [-0.25, -0.2) is 0 Å². The predicted octanol–water partition coefficient (Wildman–Crippen LogP) is 1.22. The van der Waals surface area contributed by atoms with E-state index >= 15 is 0 Å². The van der Waals surface area contributed by atoms with Crippen LogP contribution in [0.25, 0.3) is 0 Å². The highest BCUT2D eigenvalue weighted by atomic mass is 15.2. The van der Waals surface area contributed by atoms with Gasteiger partial charge < -0.3 is 5.32 Å². The molecule has 0 aromatic heterocycles. The third-order valence-corrected chi connectivity index (χ3v) is 3.46. The predicted molar refractivity (Wildman–Crippen MR) is 51.3 cm³/mol. The van der Waals surface area contributed by atoms with Crippen molar-refractivity contribution in [2.75, 3.05) is 20.1 Å². The lowest BCUT2D eigenvalue weighted by atomic mass is 9.89. The zero-order valence-corrected chi connectivity index (χ0v) is 8.05. The summed E-state index contributed by atoms with van der Waals surface area (Å²) in [5, 5.41) is 3.46. The number of piperidine rings is 2. The molecule has 2 fully saturated rings. The summed E-state index contributed by atoms with van der Waals surface area (Å²) in [7, 11) is 2.11. The maximum Gasteiger partial charge on any atom is 0.0249 e. The smallest absolute Gasteiger partial charge is 0.0249 e. The summed E-state index contributed by atoms with van der Waals surface area (Å²) in [6.45, 7) is 2.70. The van der Waals surface area contributed by atoms with E-state index in [1.165, 1.54) is 45.2 Å². The van der Waals surface area contributed by atoms with E-state index in [0.717, 1.165) is 12.1 Å². The Balaban J connectivity index is 1.99. The molecule has 2 aliphatic rings. The molecule has 2 heterocycles. The van der Waals surface area contributed by atoms with Crippen molar-refractivity contribution in [3.05, 3.63) is 0 Å². The third kappa shape index (κ3) is 1.50. The average molecular weight is 168 g/mol. The molecule has 2 heteroatoms. The van der Waals surface area contributed by atoms with E-state index < -0.39 is 0 Å². The molecule has 0 aromatic carbocycles. The summed E-state index contributed by atoms with van der Waals surface area (Å²) in [6, 6.07) is 1.64. The van der Waals surface area contributed by atoms with Crippen molar-refractivity contribution in [2.45, 2.75) is 44.2 Å². The van der Waals surface area contributed by atoms with Gasteiger partial charge >= 0.3 is 0 Å². The van der Waals surface area contributed by atoms with E-state index in [1.54, 1.807) is 0 Å². The lowest BCUT2D eigenvalue weighted by molar-refractivity contribution is 0.0806. The fourth-order valence-corrected chi connectivity index (χ4v) is 2.79. The van der Waals surface area contributed by atoms with Crippen molar-refractivity contribution in [3.63, 3.8) is 0 Å².